The third-order valence-electron chi connectivity index (χ3n) is 13.9. The van der Waals surface area contributed by atoms with E-state index in [9.17, 15) is 38.4 Å². The molecular formula is C61H86N8O10. The number of hydrogen-bond donors (Lipinski definition) is 6. The molecule has 0 aromatic heterocycles. The van der Waals surface area contributed by atoms with Crippen LogP contribution in [0.15, 0.2) is 91.0 Å². The molecule has 1 spiro atoms. The van der Waals surface area contributed by atoms with Gasteiger partial charge in [0.2, 0.25) is 35.3 Å². The molecule has 0 aliphatic carbocycles. The zero-order valence-corrected chi connectivity index (χ0v) is 48.1. The second kappa shape index (κ2) is 28.7. The molecule has 2 saturated heterocycles. The van der Waals surface area contributed by atoms with E-state index in [-0.39, 0.29) is 67.0 Å². The van der Waals surface area contributed by atoms with E-state index in [1.807, 2.05) is 88.4 Å². The van der Waals surface area contributed by atoms with E-state index in [1.54, 1.807) is 81.7 Å². The molecule has 0 unspecified atom stereocenters. The second-order valence-corrected chi connectivity index (χ2v) is 24.1. The summed E-state index contributed by atoms with van der Waals surface area (Å²) in [6.07, 6.45) is 1.68. The Morgan fingerprint density at radius 2 is 1.01 bits per heavy atom. The summed E-state index contributed by atoms with van der Waals surface area (Å²) in [5, 5.41) is 23.1. The van der Waals surface area contributed by atoms with Gasteiger partial charge in [-0.2, -0.15) is 0 Å². The van der Waals surface area contributed by atoms with Crippen molar-refractivity contribution in [3.63, 3.8) is 0 Å². The number of amides is 7. The standard InChI is InChI=1S/C61H86N8O10/c1-40(2)34-45(50(62)51(70)44-26-18-13-19-27-44)55(74)68-32-29-61(30-33-68)38-69(39-61)56(75)46(28-20-21-31-63-57(76)78-59(5,6)7)64-52(71)47(35-41(3)4)65-53(72)48(36-42-22-14-11-15-23-42)66-54(73)49(37-43-24-16-12-17-25-43)67-58(77)79-60(8,9)10/h11-19,22-27,40-41,45-49,62H,20-21,28-39H2,1-10H3,(H,63,76)(H,64,71)(H,65,72)(H,66,73)(H,67,77)/t45-,46+,47+,48+,49+/m0/s1. The second-order valence-electron chi connectivity index (χ2n) is 24.1. The van der Waals surface area contributed by atoms with Crippen LogP contribution in [0.4, 0.5) is 9.59 Å². The summed E-state index contributed by atoms with van der Waals surface area (Å²) in [4.78, 5) is 115. The number of ketones is 1. The Kier molecular flexibility index (Phi) is 22.8. The van der Waals surface area contributed by atoms with Crippen molar-refractivity contribution >= 4 is 53.2 Å². The van der Waals surface area contributed by atoms with Gasteiger partial charge >= 0.3 is 12.2 Å². The van der Waals surface area contributed by atoms with Crippen molar-refractivity contribution < 1.29 is 47.8 Å². The van der Waals surface area contributed by atoms with Gasteiger partial charge in [0.15, 0.2) is 0 Å². The molecule has 5 rings (SSSR count). The first-order valence-corrected chi connectivity index (χ1v) is 27.9. The predicted octanol–water partition coefficient (Wildman–Crippen LogP) is 7.58. The topological polar surface area (TPSA) is 245 Å². The van der Waals surface area contributed by atoms with Crippen molar-refractivity contribution in [2.75, 3.05) is 32.7 Å². The zero-order chi connectivity index (χ0) is 58.1. The zero-order valence-electron chi connectivity index (χ0n) is 48.1. The molecule has 2 aliphatic rings. The van der Waals surface area contributed by atoms with Crippen LogP contribution in [0.25, 0.3) is 0 Å². The van der Waals surface area contributed by atoms with E-state index < -0.39 is 77.0 Å². The number of hydrogen-bond acceptors (Lipinski definition) is 11. The smallest absolute Gasteiger partial charge is 0.408 e. The van der Waals surface area contributed by atoms with Gasteiger partial charge in [-0.25, -0.2) is 9.59 Å². The highest BCUT2D eigenvalue weighted by Gasteiger charge is 2.49. The summed E-state index contributed by atoms with van der Waals surface area (Å²) in [6.45, 7) is 20.1. The summed E-state index contributed by atoms with van der Waals surface area (Å²) < 4.78 is 10.9. The molecule has 18 nitrogen and oxygen atoms in total. The van der Waals surface area contributed by atoms with Gasteiger partial charge in [0.05, 0.1) is 11.6 Å². The highest BCUT2D eigenvalue weighted by molar-refractivity contribution is 6.48. The maximum absolute atomic E-state index is 14.6. The van der Waals surface area contributed by atoms with E-state index in [0.29, 0.717) is 63.8 Å². The molecule has 6 N–H and O–H groups in total. The maximum Gasteiger partial charge on any atom is 0.408 e. The van der Waals surface area contributed by atoms with Gasteiger partial charge in [0.1, 0.15) is 35.4 Å². The highest BCUT2D eigenvalue weighted by Crippen LogP contribution is 2.41. The van der Waals surface area contributed by atoms with Crippen LogP contribution >= 0.6 is 0 Å². The van der Waals surface area contributed by atoms with Gasteiger partial charge in [0, 0.05) is 56.5 Å². The fourth-order valence-electron chi connectivity index (χ4n) is 9.92. The van der Waals surface area contributed by atoms with Crippen LogP contribution in [-0.4, -0.2) is 131 Å². The number of Topliss-reactive ketones (excluding diaryl/α,β-unsaturated/α-hetero) is 1. The summed E-state index contributed by atoms with van der Waals surface area (Å²) in [7, 11) is 0. The van der Waals surface area contributed by atoms with E-state index in [1.165, 1.54) is 0 Å². The summed E-state index contributed by atoms with van der Waals surface area (Å²) in [6, 6.07) is 22.3. The minimum atomic E-state index is -1.20. The summed E-state index contributed by atoms with van der Waals surface area (Å²) in [5.41, 5.74) is -0.163. The Balaban J connectivity index is 1.31. The third kappa shape index (κ3) is 20.3. The number of piperidine rings is 1. The van der Waals surface area contributed by atoms with E-state index >= 15 is 0 Å². The number of likely N-dealkylation sites (tertiary alicyclic amines) is 2. The number of alkyl carbamates (subject to hydrolysis) is 2. The number of ether oxygens (including phenoxy) is 2. The van der Waals surface area contributed by atoms with Gasteiger partial charge in [0.25, 0.3) is 0 Å². The largest absolute Gasteiger partial charge is 0.444 e. The average Bonchev–Trinajstić information content (AvgIpc) is 3.37. The highest BCUT2D eigenvalue weighted by atomic mass is 16.6. The molecule has 3 aromatic rings. The predicted molar refractivity (Wildman–Crippen MR) is 303 cm³/mol. The molecule has 2 heterocycles. The Morgan fingerprint density at radius 3 is 1.52 bits per heavy atom. The lowest BCUT2D eigenvalue weighted by Crippen LogP contribution is -2.66. The molecule has 0 radical (unpaired) electrons. The Bertz CT molecular complexity index is 2550. The van der Waals surface area contributed by atoms with Crippen LogP contribution in [0.1, 0.15) is 136 Å². The fourth-order valence-corrected chi connectivity index (χ4v) is 9.92. The summed E-state index contributed by atoms with van der Waals surface area (Å²) in [5.74, 6) is -3.78. The minimum absolute atomic E-state index is 0.0518. The van der Waals surface area contributed by atoms with Crippen LogP contribution in [0.2, 0.25) is 0 Å². The number of benzene rings is 3. The van der Waals surface area contributed by atoms with Crippen molar-refractivity contribution in [2.24, 2.45) is 23.2 Å². The molecule has 7 amide bonds. The van der Waals surface area contributed by atoms with Gasteiger partial charge in [-0.1, -0.05) is 119 Å². The number of unbranched alkanes of at least 4 members (excludes halogenated alkanes) is 1. The maximum atomic E-state index is 14.6. The van der Waals surface area contributed by atoms with Crippen molar-refractivity contribution in [3.8, 4) is 0 Å². The molecule has 2 fully saturated rings. The Labute approximate surface area is 467 Å². The SMILES string of the molecule is CC(C)C[C@@H](C(=N)C(=O)c1ccccc1)C(=O)N1CCC2(CC1)CN(C(=O)[C@@H](CCCCNC(=O)OC(C)(C)C)NC(=O)[C@@H](CC(C)C)NC(=O)[C@@H](Cc1ccccc1)NC(=O)[C@@H](Cc1ccccc1)NC(=O)OC(C)(C)C)C2. The number of nitrogens with zero attached hydrogens (tertiary/aromatic N) is 2. The molecule has 0 saturated carbocycles. The van der Waals surface area contributed by atoms with E-state index in [0.717, 1.165) is 11.1 Å². The van der Waals surface area contributed by atoms with Gasteiger partial charge < -0.3 is 51.3 Å². The fraction of sp³-hybridized carbons (Fsp3) is 0.557. The first kappa shape index (κ1) is 62.7. The molecule has 3 aromatic carbocycles. The van der Waals surface area contributed by atoms with E-state index in [2.05, 4.69) is 26.6 Å². The van der Waals surface area contributed by atoms with Crippen LogP contribution in [-0.2, 0) is 46.3 Å². The third-order valence-corrected chi connectivity index (χ3v) is 13.9. The number of carbonyl (C=O) groups excluding carboxylic acids is 8. The first-order valence-electron chi connectivity index (χ1n) is 27.9. The quantitative estimate of drug-likeness (QED) is 0.0276. The first-order chi connectivity index (χ1) is 37.2. The molecule has 79 heavy (non-hydrogen) atoms. The van der Waals surface area contributed by atoms with Gasteiger partial charge in [-0.3, -0.25) is 28.8 Å². The summed E-state index contributed by atoms with van der Waals surface area (Å²) >= 11 is 0. The van der Waals surface area contributed by atoms with Crippen molar-refractivity contribution in [1.29, 1.82) is 5.41 Å². The molecule has 5 atom stereocenters. The van der Waals surface area contributed by atoms with Crippen LogP contribution in [0, 0.1) is 28.6 Å². The molecule has 0 bridgehead atoms. The number of carbonyl (C=O) groups is 8. The molecule has 18 heteroatoms. The lowest BCUT2D eigenvalue weighted by molar-refractivity contribution is -0.153. The van der Waals surface area contributed by atoms with Crippen molar-refractivity contribution in [1.82, 2.24) is 36.4 Å². The Hall–Kier alpha value is -7.11. The monoisotopic (exact) mass is 1090 g/mol. The molecular weight excluding hydrogens is 1000 g/mol. The number of rotatable bonds is 25. The van der Waals surface area contributed by atoms with Crippen LogP contribution in [0.3, 0.4) is 0 Å². The van der Waals surface area contributed by atoms with Crippen LogP contribution < -0.4 is 26.6 Å². The van der Waals surface area contributed by atoms with Crippen molar-refractivity contribution in [3.05, 3.63) is 108 Å². The van der Waals surface area contributed by atoms with Gasteiger partial charge in [-0.15, -0.1) is 0 Å². The minimum Gasteiger partial charge on any atom is -0.444 e. The molecule has 2 aliphatic heterocycles. The van der Waals surface area contributed by atoms with Gasteiger partial charge in [-0.05, 0) is 109 Å². The Morgan fingerprint density at radius 1 is 0.557 bits per heavy atom. The number of nitrogens with one attached hydrogen (secondary N) is 6. The van der Waals surface area contributed by atoms with E-state index in [4.69, 9.17) is 14.9 Å². The normalized spacial score (nSPS) is 16.1. The van der Waals surface area contributed by atoms with Crippen molar-refractivity contribution in [2.45, 2.75) is 162 Å². The molecule has 430 valence electrons. The lowest BCUT2D eigenvalue weighted by Gasteiger charge is -2.54. The van der Waals surface area contributed by atoms with Crippen LogP contribution in [0.5, 0.6) is 0 Å². The average molecular weight is 1090 g/mol. The lowest BCUT2D eigenvalue weighted by atomic mass is 9.71.